The highest BCUT2D eigenvalue weighted by Crippen LogP contribution is 2.37. The Hall–Kier alpha value is -0.620. The maximum absolute atomic E-state index is 11.1. The van der Waals surface area contributed by atoms with E-state index in [1.54, 1.807) is 6.20 Å². The molecule has 0 amide bonds. The number of rotatable bonds is 5. The van der Waals surface area contributed by atoms with Gasteiger partial charge in [-0.25, -0.2) is 0 Å². The lowest BCUT2D eigenvalue weighted by molar-refractivity contribution is -0.0389. The molecule has 2 heterocycles. The summed E-state index contributed by atoms with van der Waals surface area (Å²) in [5.74, 6) is 0. The summed E-state index contributed by atoms with van der Waals surface area (Å²) >= 11 is 6.31. The molecule has 0 aromatic carbocycles. The van der Waals surface area contributed by atoms with Gasteiger partial charge in [-0.05, 0) is 40.8 Å². The largest absolute Gasteiger partial charge is 0.383 e. The zero-order valence-electron chi connectivity index (χ0n) is 13.5. The Morgan fingerprint density at radius 2 is 2.00 bits per heavy atom. The van der Waals surface area contributed by atoms with Gasteiger partial charge < -0.3 is 14.9 Å². The topological polar surface area (TPSA) is 44.5 Å². The number of halogens is 1. The molecule has 6 heteroatoms. The van der Waals surface area contributed by atoms with Crippen LogP contribution in [0.4, 0.5) is 0 Å². The average Bonchev–Trinajstić information content (AvgIpc) is 2.78. The van der Waals surface area contributed by atoms with Gasteiger partial charge in [0, 0.05) is 25.7 Å². The van der Waals surface area contributed by atoms with Crippen LogP contribution in [0.5, 0.6) is 0 Å². The third kappa shape index (κ3) is 3.77. The van der Waals surface area contributed by atoms with Crippen LogP contribution in [0.25, 0.3) is 0 Å². The summed E-state index contributed by atoms with van der Waals surface area (Å²) in [6.07, 6.45) is 3.07. The molecule has 1 aliphatic rings. The Balaban J connectivity index is 2.15. The molecule has 1 saturated heterocycles. The first-order valence-electron chi connectivity index (χ1n) is 7.66. The predicted octanol–water partition coefficient (Wildman–Crippen LogP) is 1.79. The van der Waals surface area contributed by atoms with Crippen molar-refractivity contribution in [2.24, 2.45) is 0 Å². The van der Waals surface area contributed by atoms with Crippen LogP contribution in [0.1, 0.15) is 32.4 Å². The summed E-state index contributed by atoms with van der Waals surface area (Å²) < 4.78 is 1.87. The molecule has 1 aliphatic heterocycles. The third-order valence-electron chi connectivity index (χ3n) is 4.35. The van der Waals surface area contributed by atoms with Crippen LogP contribution < -0.4 is 0 Å². The van der Waals surface area contributed by atoms with Crippen molar-refractivity contribution in [3.63, 3.8) is 0 Å². The summed E-state index contributed by atoms with van der Waals surface area (Å²) in [6.45, 7) is 7.79. The van der Waals surface area contributed by atoms with Crippen molar-refractivity contribution >= 4 is 11.6 Å². The van der Waals surface area contributed by atoms with Gasteiger partial charge >= 0.3 is 0 Å². The minimum Gasteiger partial charge on any atom is -0.383 e. The zero-order valence-corrected chi connectivity index (χ0v) is 14.3. The van der Waals surface area contributed by atoms with Crippen LogP contribution >= 0.6 is 11.6 Å². The molecule has 5 nitrogen and oxygen atoms in total. The molecular formula is C15H27ClN4O. The number of likely N-dealkylation sites (tertiary alicyclic amines) is 1. The molecule has 0 saturated carbocycles. The first-order chi connectivity index (χ1) is 9.83. The van der Waals surface area contributed by atoms with Gasteiger partial charge in [-0.3, -0.25) is 4.68 Å². The van der Waals surface area contributed by atoms with Crippen LogP contribution in [0.2, 0.25) is 5.02 Å². The summed E-state index contributed by atoms with van der Waals surface area (Å²) in [4.78, 5) is 4.49. The first-order valence-corrected chi connectivity index (χ1v) is 8.04. The molecule has 1 fully saturated rings. The van der Waals surface area contributed by atoms with Gasteiger partial charge in [0.15, 0.2) is 0 Å². The van der Waals surface area contributed by atoms with Gasteiger partial charge in [0.2, 0.25) is 0 Å². The number of aromatic nitrogens is 2. The average molecular weight is 315 g/mol. The van der Waals surface area contributed by atoms with E-state index in [2.05, 4.69) is 28.7 Å². The Morgan fingerprint density at radius 1 is 1.38 bits per heavy atom. The molecule has 0 atom stereocenters. The van der Waals surface area contributed by atoms with Crippen molar-refractivity contribution in [2.45, 2.75) is 44.9 Å². The second kappa shape index (κ2) is 6.65. The van der Waals surface area contributed by atoms with E-state index in [-0.39, 0.29) is 0 Å². The van der Waals surface area contributed by atoms with Gasteiger partial charge in [-0.15, -0.1) is 0 Å². The second-order valence-electron chi connectivity index (χ2n) is 6.53. The zero-order chi connectivity index (χ0) is 15.6. The van der Waals surface area contributed by atoms with Crippen LogP contribution in [0.15, 0.2) is 6.20 Å². The second-order valence-corrected chi connectivity index (χ2v) is 6.94. The van der Waals surface area contributed by atoms with Crippen molar-refractivity contribution in [1.82, 2.24) is 19.6 Å². The molecular weight excluding hydrogens is 288 g/mol. The Morgan fingerprint density at radius 3 is 2.52 bits per heavy atom. The van der Waals surface area contributed by atoms with E-state index in [0.717, 1.165) is 31.9 Å². The highest BCUT2D eigenvalue weighted by molar-refractivity contribution is 6.31. The molecule has 21 heavy (non-hydrogen) atoms. The summed E-state index contributed by atoms with van der Waals surface area (Å²) in [6, 6.07) is 0.517. The van der Waals surface area contributed by atoms with Crippen LogP contribution in [0, 0.1) is 0 Å². The van der Waals surface area contributed by atoms with E-state index in [0.29, 0.717) is 23.9 Å². The van der Waals surface area contributed by atoms with Gasteiger partial charge in [-0.1, -0.05) is 11.6 Å². The lowest BCUT2D eigenvalue weighted by atomic mass is 9.87. The predicted molar refractivity (Wildman–Crippen MR) is 85.6 cm³/mol. The summed E-state index contributed by atoms with van der Waals surface area (Å²) in [5.41, 5.74) is -0.0694. The number of likely N-dealkylation sites (N-methyl/N-ethyl adjacent to an activating group) is 1. The number of nitrogens with zero attached hydrogens (tertiary/aromatic N) is 4. The maximum Gasteiger partial charge on any atom is 0.110 e. The van der Waals surface area contributed by atoms with E-state index >= 15 is 0 Å². The van der Waals surface area contributed by atoms with Gasteiger partial charge in [0.1, 0.15) is 5.60 Å². The molecule has 2 rings (SSSR count). The highest BCUT2D eigenvalue weighted by atomic mass is 35.5. The maximum atomic E-state index is 11.1. The Bertz CT molecular complexity index is 464. The molecule has 120 valence electrons. The molecule has 0 spiro atoms. The number of hydrogen-bond donors (Lipinski definition) is 1. The van der Waals surface area contributed by atoms with Crippen molar-refractivity contribution in [2.75, 3.05) is 33.7 Å². The minimum atomic E-state index is -0.856. The molecule has 0 unspecified atom stereocenters. The standard InChI is InChI=1S/C15H27ClN4O/c1-12(2)19-7-5-15(21,6-8-19)14-13(16)11-17-20(14)10-9-18(3)4/h11-12,21H,5-10H2,1-4H3. The lowest BCUT2D eigenvalue weighted by Gasteiger charge is -2.40. The van der Waals surface area contributed by atoms with Gasteiger partial charge in [0.05, 0.1) is 23.5 Å². The van der Waals surface area contributed by atoms with E-state index in [4.69, 9.17) is 11.6 Å². The summed E-state index contributed by atoms with van der Waals surface area (Å²) in [5, 5.41) is 16.0. The fraction of sp³-hybridized carbons (Fsp3) is 0.800. The summed E-state index contributed by atoms with van der Waals surface area (Å²) in [7, 11) is 4.06. The number of aliphatic hydroxyl groups is 1. The first kappa shape index (κ1) is 16.7. The van der Waals surface area contributed by atoms with E-state index in [9.17, 15) is 5.11 Å². The number of piperidine rings is 1. The van der Waals surface area contributed by atoms with Crippen LogP contribution in [-0.2, 0) is 12.1 Å². The molecule has 0 aliphatic carbocycles. The van der Waals surface area contributed by atoms with Crippen molar-refractivity contribution in [1.29, 1.82) is 0 Å². The smallest absolute Gasteiger partial charge is 0.110 e. The van der Waals surface area contributed by atoms with Crippen molar-refractivity contribution in [3.05, 3.63) is 16.9 Å². The van der Waals surface area contributed by atoms with Gasteiger partial charge in [-0.2, -0.15) is 5.10 Å². The van der Waals surface area contributed by atoms with Crippen LogP contribution in [0.3, 0.4) is 0 Å². The van der Waals surface area contributed by atoms with E-state index < -0.39 is 5.60 Å². The quantitative estimate of drug-likeness (QED) is 0.900. The minimum absolute atomic E-state index is 0.517. The lowest BCUT2D eigenvalue weighted by Crippen LogP contribution is -2.46. The Labute approximate surface area is 132 Å². The SMILES string of the molecule is CC(C)N1CCC(O)(c2c(Cl)cnn2CCN(C)C)CC1. The molecule has 0 radical (unpaired) electrons. The number of hydrogen-bond acceptors (Lipinski definition) is 4. The monoisotopic (exact) mass is 314 g/mol. The fourth-order valence-electron chi connectivity index (χ4n) is 2.94. The van der Waals surface area contributed by atoms with E-state index in [1.165, 1.54) is 0 Å². The highest BCUT2D eigenvalue weighted by Gasteiger charge is 2.39. The molecule has 1 N–H and O–H groups in total. The molecule has 1 aromatic rings. The third-order valence-corrected chi connectivity index (χ3v) is 4.63. The fourth-order valence-corrected chi connectivity index (χ4v) is 3.25. The van der Waals surface area contributed by atoms with Crippen LogP contribution in [-0.4, -0.2) is 64.5 Å². The van der Waals surface area contributed by atoms with E-state index in [1.807, 2.05) is 18.8 Å². The normalized spacial score (nSPS) is 19.6. The molecule has 0 bridgehead atoms. The molecule has 1 aromatic heterocycles. The Kier molecular flexibility index (Phi) is 5.30. The van der Waals surface area contributed by atoms with Crippen molar-refractivity contribution < 1.29 is 5.11 Å². The van der Waals surface area contributed by atoms with Crippen molar-refractivity contribution in [3.8, 4) is 0 Å². The van der Waals surface area contributed by atoms with Gasteiger partial charge in [0.25, 0.3) is 0 Å².